The monoisotopic (exact) mass is 306 g/mol. The Labute approximate surface area is 134 Å². The van der Waals surface area contributed by atoms with E-state index in [2.05, 4.69) is 26.3 Å². The van der Waals surface area contributed by atoms with Gasteiger partial charge in [0.25, 0.3) is 0 Å². The molecule has 0 saturated heterocycles. The van der Waals surface area contributed by atoms with Gasteiger partial charge >= 0.3 is 0 Å². The summed E-state index contributed by atoms with van der Waals surface area (Å²) in [6, 6.07) is 10.3. The molecule has 0 bridgehead atoms. The third kappa shape index (κ3) is 2.48. The van der Waals surface area contributed by atoms with Gasteiger partial charge in [-0.15, -0.1) is 0 Å². The summed E-state index contributed by atoms with van der Waals surface area (Å²) < 4.78 is 5.52. The van der Waals surface area contributed by atoms with E-state index in [-0.39, 0.29) is 6.04 Å². The van der Waals surface area contributed by atoms with Crippen LogP contribution in [0.3, 0.4) is 0 Å². The molecule has 1 N–H and O–H groups in total. The van der Waals surface area contributed by atoms with Gasteiger partial charge in [-0.1, -0.05) is 12.1 Å². The molecule has 1 aliphatic carbocycles. The Morgan fingerprint density at radius 1 is 1.13 bits per heavy atom. The lowest BCUT2D eigenvalue weighted by atomic mass is 9.87. The number of fused-ring (bicyclic) bond motifs is 2. The van der Waals surface area contributed by atoms with Gasteiger partial charge in [0.1, 0.15) is 17.6 Å². The summed E-state index contributed by atoms with van der Waals surface area (Å²) in [5.41, 5.74) is 4.25. The van der Waals surface area contributed by atoms with E-state index in [1.54, 1.807) is 19.6 Å². The Kier molecular flexibility index (Phi) is 3.54. The van der Waals surface area contributed by atoms with Crippen LogP contribution in [0.4, 0.5) is 5.82 Å². The SMILES string of the molecule is COc1cccc2c1CCCC2Nc1ncnc2cccnc12. The number of pyridine rings is 1. The van der Waals surface area contributed by atoms with Gasteiger partial charge in [0.05, 0.1) is 18.7 Å². The van der Waals surface area contributed by atoms with E-state index in [1.807, 2.05) is 24.3 Å². The fourth-order valence-electron chi connectivity index (χ4n) is 3.32. The summed E-state index contributed by atoms with van der Waals surface area (Å²) in [5.74, 6) is 1.76. The first-order valence-electron chi connectivity index (χ1n) is 7.85. The predicted octanol–water partition coefficient (Wildman–Crippen LogP) is 3.52. The number of nitrogens with zero attached hydrogens (tertiary/aromatic N) is 3. The average Bonchev–Trinajstić information content (AvgIpc) is 2.62. The minimum atomic E-state index is 0.217. The number of nitrogens with one attached hydrogen (secondary N) is 1. The Hall–Kier alpha value is -2.69. The van der Waals surface area contributed by atoms with E-state index in [0.29, 0.717) is 0 Å². The third-order valence-electron chi connectivity index (χ3n) is 4.39. The summed E-state index contributed by atoms with van der Waals surface area (Å²) in [6.07, 6.45) is 6.61. The first-order chi connectivity index (χ1) is 11.4. The molecule has 4 rings (SSSR count). The summed E-state index contributed by atoms with van der Waals surface area (Å²) in [7, 11) is 1.73. The lowest BCUT2D eigenvalue weighted by molar-refractivity contribution is 0.404. The molecule has 3 aromatic rings. The zero-order chi connectivity index (χ0) is 15.6. The Bertz CT molecular complexity index is 844. The van der Waals surface area contributed by atoms with E-state index in [9.17, 15) is 0 Å². The number of methoxy groups -OCH3 is 1. The molecule has 1 unspecified atom stereocenters. The first-order valence-corrected chi connectivity index (χ1v) is 7.85. The number of hydrogen-bond donors (Lipinski definition) is 1. The van der Waals surface area contributed by atoms with Gasteiger partial charge in [-0.25, -0.2) is 9.97 Å². The van der Waals surface area contributed by atoms with Crippen molar-refractivity contribution in [3.8, 4) is 5.75 Å². The maximum Gasteiger partial charge on any atom is 0.156 e. The number of ether oxygens (including phenoxy) is 1. The molecule has 2 heterocycles. The van der Waals surface area contributed by atoms with Crippen molar-refractivity contribution in [2.45, 2.75) is 25.3 Å². The highest BCUT2D eigenvalue weighted by molar-refractivity contribution is 5.84. The molecule has 0 aliphatic heterocycles. The van der Waals surface area contributed by atoms with E-state index in [4.69, 9.17) is 4.74 Å². The normalized spacial score (nSPS) is 16.8. The second-order valence-corrected chi connectivity index (χ2v) is 5.71. The van der Waals surface area contributed by atoms with E-state index >= 15 is 0 Å². The second kappa shape index (κ2) is 5.83. The highest BCUT2D eigenvalue weighted by Crippen LogP contribution is 2.37. The van der Waals surface area contributed by atoms with Gasteiger partial charge in [0.2, 0.25) is 0 Å². The molecule has 1 aliphatic rings. The minimum Gasteiger partial charge on any atom is -0.496 e. The van der Waals surface area contributed by atoms with Gasteiger partial charge in [-0.3, -0.25) is 4.98 Å². The molecule has 116 valence electrons. The van der Waals surface area contributed by atoms with Crippen molar-refractivity contribution in [2.75, 3.05) is 12.4 Å². The highest BCUT2D eigenvalue weighted by Gasteiger charge is 2.23. The maximum atomic E-state index is 5.52. The molecular weight excluding hydrogens is 288 g/mol. The Balaban J connectivity index is 1.73. The topological polar surface area (TPSA) is 59.9 Å². The summed E-state index contributed by atoms with van der Waals surface area (Å²) in [6.45, 7) is 0. The van der Waals surface area contributed by atoms with Gasteiger partial charge in [0.15, 0.2) is 5.82 Å². The number of hydrogen-bond acceptors (Lipinski definition) is 5. The molecular formula is C18H18N4O. The van der Waals surface area contributed by atoms with Crippen molar-refractivity contribution < 1.29 is 4.74 Å². The van der Waals surface area contributed by atoms with Gasteiger partial charge < -0.3 is 10.1 Å². The van der Waals surface area contributed by atoms with E-state index < -0.39 is 0 Å². The summed E-state index contributed by atoms with van der Waals surface area (Å²) in [4.78, 5) is 13.1. The minimum absolute atomic E-state index is 0.217. The van der Waals surface area contributed by atoms with Crippen molar-refractivity contribution in [3.05, 3.63) is 54.0 Å². The smallest absolute Gasteiger partial charge is 0.156 e. The second-order valence-electron chi connectivity index (χ2n) is 5.71. The van der Waals surface area contributed by atoms with Crippen molar-refractivity contribution >= 4 is 16.9 Å². The van der Waals surface area contributed by atoms with Crippen LogP contribution in [0, 0.1) is 0 Å². The molecule has 0 amide bonds. The van der Waals surface area contributed by atoms with Crippen LogP contribution < -0.4 is 10.1 Å². The first kappa shape index (κ1) is 13.9. The van der Waals surface area contributed by atoms with Crippen LogP contribution in [-0.4, -0.2) is 22.1 Å². The van der Waals surface area contributed by atoms with E-state index in [0.717, 1.165) is 41.9 Å². The largest absolute Gasteiger partial charge is 0.496 e. The molecule has 23 heavy (non-hydrogen) atoms. The van der Waals surface area contributed by atoms with Gasteiger partial charge in [-0.05, 0) is 48.6 Å². The van der Waals surface area contributed by atoms with Crippen LogP contribution in [0.2, 0.25) is 0 Å². The van der Waals surface area contributed by atoms with Crippen molar-refractivity contribution in [3.63, 3.8) is 0 Å². The zero-order valence-corrected chi connectivity index (χ0v) is 13.0. The molecule has 5 nitrogen and oxygen atoms in total. The van der Waals surface area contributed by atoms with Crippen molar-refractivity contribution in [1.29, 1.82) is 0 Å². The molecule has 0 saturated carbocycles. The van der Waals surface area contributed by atoms with Crippen LogP contribution >= 0.6 is 0 Å². The van der Waals surface area contributed by atoms with Crippen molar-refractivity contribution in [2.24, 2.45) is 0 Å². The maximum absolute atomic E-state index is 5.52. The zero-order valence-electron chi connectivity index (χ0n) is 13.0. The molecule has 5 heteroatoms. The molecule has 0 fully saturated rings. The van der Waals surface area contributed by atoms with Crippen LogP contribution in [0.1, 0.15) is 30.0 Å². The molecule has 0 radical (unpaired) electrons. The summed E-state index contributed by atoms with van der Waals surface area (Å²) >= 11 is 0. The molecule has 2 aromatic heterocycles. The molecule has 1 atom stereocenters. The number of anilines is 1. The molecule has 1 aromatic carbocycles. The van der Waals surface area contributed by atoms with Crippen molar-refractivity contribution in [1.82, 2.24) is 15.0 Å². The van der Waals surface area contributed by atoms with Crippen LogP contribution in [0.5, 0.6) is 5.75 Å². The van der Waals surface area contributed by atoms with Crippen LogP contribution in [-0.2, 0) is 6.42 Å². The Morgan fingerprint density at radius 3 is 3.00 bits per heavy atom. The standard InChI is InChI=1S/C18H18N4O/c1-23-16-9-3-5-12-13(16)6-2-7-14(12)22-18-17-15(20-11-21-18)8-4-10-19-17/h3-5,8-11,14H,2,6-7H2,1H3,(H,20,21,22). The predicted molar refractivity (Wildman–Crippen MR) is 89.6 cm³/mol. The number of rotatable bonds is 3. The van der Waals surface area contributed by atoms with Crippen LogP contribution in [0.15, 0.2) is 42.9 Å². The van der Waals surface area contributed by atoms with E-state index in [1.165, 1.54) is 11.1 Å². The third-order valence-corrected chi connectivity index (χ3v) is 4.39. The lowest BCUT2D eigenvalue weighted by Gasteiger charge is -2.28. The fourth-order valence-corrected chi connectivity index (χ4v) is 3.32. The average molecular weight is 306 g/mol. The highest BCUT2D eigenvalue weighted by atomic mass is 16.5. The molecule has 0 spiro atoms. The van der Waals surface area contributed by atoms with Crippen LogP contribution in [0.25, 0.3) is 11.0 Å². The Morgan fingerprint density at radius 2 is 2.09 bits per heavy atom. The summed E-state index contributed by atoms with van der Waals surface area (Å²) in [5, 5.41) is 3.56. The fraction of sp³-hybridized carbons (Fsp3) is 0.278. The quantitative estimate of drug-likeness (QED) is 0.802. The lowest BCUT2D eigenvalue weighted by Crippen LogP contribution is -2.19. The van der Waals surface area contributed by atoms with Gasteiger partial charge in [-0.2, -0.15) is 0 Å². The van der Waals surface area contributed by atoms with Gasteiger partial charge in [0, 0.05) is 6.20 Å². The number of aromatic nitrogens is 3. The number of benzene rings is 1.